The molecule has 192 valence electrons. The molecule has 2 aliphatic heterocycles. The third-order valence-electron chi connectivity index (χ3n) is 8.86. The molecule has 1 aliphatic carbocycles. The van der Waals surface area contributed by atoms with Gasteiger partial charge in [0.15, 0.2) is 0 Å². The number of fused-ring (bicyclic) bond motifs is 6. The highest BCUT2D eigenvalue weighted by Gasteiger charge is 2.40. The van der Waals surface area contributed by atoms with Crippen LogP contribution < -0.4 is 4.90 Å². The molecule has 0 N–H and O–H groups in total. The molecule has 40 heavy (non-hydrogen) atoms. The van der Waals surface area contributed by atoms with E-state index in [1.165, 1.54) is 72.2 Å². The van der Waals surface area contributed by atoms with Crippen LogP contribution in [0.25, 0.3) is 50.2 Å². The summed E-state index contributed by atoms with van der Waals surface area (Å²) in [6.07, 6.45) is 11.8. The van der Waals surface area contributed by atoms with Crippen LogP contribution in [0.15, 0.2) is 114 Å². The Morgan fingerprint density at radius 1 is 0.800 bits per heavy atom. The lowest BCUT2D eigenvalue weighted by atomic mass is 9.94. The van der Waals surface area contributed by atoms with Crippen molar-refractivity contribution < 1.29 is 0 Å². The number of aliphatic imine (C=N–C) groups is 1. The molecular weight excluding hydrogens is 484 g/mol. The number of anilines is 2. The van der Waals surface area contributed by atoms with E-state index in [1.54, 1.807) is 0 Å². The maximum absolute atomic E-state index is 4.96. The molecule has 0 spiro atoms. The largest absolute Gasteiger partial charge is 0.331 e. The van der Waals surface area contributed by atoms with Crippen molar-refractivity contribution in [3.8, 4) is 33.4 Å². The van der Waals surface area contributed by atoms with E-state index in [0.717, 1.165) is 6.42 Å². The summed E-state index contributed by atoms with van der Waals surface area (Å²) in [6.45, 7) is 4.35. The van der Waals surface area contributed by atoms with E-state index in [-0.39, 0.29) is 12.1 Å². The van der Waals surface area contributed by atoms with Gasteiger partial charge in [-0.25, -0.2) is 0 Å². The highest BCUT2D eigenvalue weighted by Crippen LogP contribution is 2.52. The lowest BCUT2D eigenvalue weighted by Crippen LogP contribution is -2.29. The Morgan fingerprint density at radius 2 is 1.57 bits per heavy atom. The van der Waals surface area contributed by atoms with Crippen LogP contribution in [0.3, 0.4) is 0 Å². The second-order valence-electron chi connectivity index (χ2n) is 10.9. The van der Waals surface area contributed by atoms with Crippen LogP contribution in [-0.4, -0.2) is 12.3 Å². The van der Waals surface area contributed by atoms with E-state index < -0.39 is 0 Å². The SMILES string of the molecule is C/C=C\c1c(CC)ccc2c1N(c1cccc(-c3ccc4c5c(cccc35)-c3ccccc3-4)c1)C1C=CC=NC21. The average Bonchev–Trinajstić information content (AvgIpc) is 3.52. The fourth-order valence-electron chi connectivity index (χ4n) is 7.16. The van der Waals surface area contributed by atoms with Crippen LogP contribution >= 0.6 is 0 Å². The number of rotatable bonds is 4. The van der Waals surface area contributed by atoms with Gasteiger partial charge in [-0.2, -0.15) is 0 Å². The lowest BCUT2D eigenvalue weighted by Gasteiger charge is -2.30. The zero-order valence-corrected chi connectivity index (χ0v) is 22.8. The van der Waals surface area contributed by atoms with Gasteiger partial charge >= 0.3 is 0 Å². The minimum absolute atomic E-state index is 0.105. The van der Waals surface area contributed by atoms with Gasteiger partial charge in [-0.1, -0.05) is 104 Å². The second-order valence-corrected chi connectivity index (χ2v) is 10.9. The molecule has 0 amide bonds. The van der Waals surface area contributed by atoms with Gasteiger partial charge < -0.3 is 4.90 Å². The van der Waals surface area contributed by atoms with Crippen molar-refractivity contribution in [2.24, 2.45) is 4.99 Å². The molecule has 2 heterocycles. The molecule has 0 fully saturated rings. The van der Waals surface area contributed by atoms with E-state index in [0.29, 0.717) is 0 Å². The summed E-state index contributed by atoms with van der Waals surface area (Å²) in [4.78, 5) is 7.48. The molecule has 0 bridgehead atoms. The fourth-order valence-corrected chi connectivity index (χ4v) is 7.16. The first-order valence-electron chi connectivity index (χ1n) is 14.3. The standard InChI is InChI=1S/C38H30N2/c1-3-10-28-24(4-2)18-19-34-37-35(17-9-22-39-37)40(38(28)34)26-12-7-11-25(23-26)27-20-21-33-30-14-6-5-13-29(30)32-16-8-15-31(27)36(32)33/h3,5-23,35,37H,4H2,1-2H3/b10-3-. The first-order valence-corrected chi connectivity index (χ1v) is 14.3. The van der Waals surface area contributed by atoms with Crippen LogP contribution in [0.5, 0.6) is 0 Å². The molecule has 2 nitrogen and oxygen atoms in total. The molecule has 0 saturated carbocycles. The molecule has 2 atom stereocenters. The number of allylic oxidation sites excluding steroid dienone is 2. The van der Waals surface area contributed by atoms with Crippen molar-refractivity contribution >= 4 is 34.4 Å². The molecule has 0 radical (unpaired) electrons. The molecule has 8 rings (SSSR count). The number of benzene rings is 5. The van der Waals surface area contributed by atoms with Crippen LogP contribution in [0.4, 0.5) is 11.4 Å². The number of aryl methyl sites for hydroxylation is 1. The molecular formula is C38H30N2. The summed E-state index contributed by atoms with van der Waals surface area (Å²) >= 11 is 0. The van der Waals surface area contributed by atoms with Crippen LogP contribution in [0, 0.1) is 0 Å². The van der Waals surface area contributed by atoms with Gasteiger partial charge in [0.25, 0.3) is 0 Å². The minimum Gasteiger partial charge on any atom is -0.331 e. The van der Waals surface area contributed by atoms with Gasteiger partial charge in [-0.15, -0.1) is 0 Å². The zero-order valence-electron chi connectivity index (χ0n) is 22.8. The second kappa shape index (κ2) is 8.93. The Bertz CT molecular complexity index is 1890. The van der Waals surface area contributed by atoms with E-state index in [4.69, 9.17) is 4.99 Å². The van der Waals surface area contributed by atoms with Gasteiger partial charge in [0.2, 0.25) is 0 Å². The fraction of sp³-hybridized carbons (Fsp3) is 0.132. The smallest absolute Gasteiger partial charge is 0.101 e. The van der Waals surface area contributed by atoms with Crippen LogP contribution in [0.2, 0.25) is 0 Å². The summed E-state index contributed by atoms with van der Waals surface area (Å²) in [5.41, 5.74) is 14.4. The number of nitrogens with zero attached hydrogens (tertiary/aromatic N) is 2. The normalized spacial score (nSPS) is 18.0. The molecule has 5 aromatic rings. The van der Waals surface area contributed by atoms with Crippen molar-refractivity contribution in [2.75, 3.05) is 4.90 Å². The maximum Gasteiger partial charge on any atom is 0.101 e. The molecule has 0 aromatic heterocycles. The van der Waals surface area contributed by atoms with Gasteiger partial charge in [-0.05, 0) is 81.3 Å². The lowest BCUT2D eigenvalue weighted by molar-refractivity contribution is 0.667. The van der Waals surface area contributed by atoms with Gasteiger partial charge in [0, 0.05) is 23.0 Å². The molecule has 3 aliphatic rings. The highest BCUT2D eigenvalue weighted by molar-refractivity contribution is 6.18. The molecule has 5 aromatic carbocycles. The summed E-state index contributed by atoms with van der Waals surface area (Å²) in [5.74, 6) is 0. The summed E-state index contributed by atoms with van der Waals surface area (Å²) in [5, 5.41) is 2.68. The third-order valence-corrected chi connectivity index (χ3v) is 8.86. The van der Waals surface area contributed by atoms with Crippen molar-refractivity contribution in [1.82, 2.24) is 0 Å². The minimum atomic E-state index is 0.105. The average molecular weight is 515 g/mol. The Kier molecular flexibility index (Phi) is 5.18. The molecule has 0 saturated heterocycles. The van der Waals surface area contributed by atoms with E-state index in [1.807, 2.05) is 6.21 Å². The predicted octanol–water partition coefficient (Wildman–Crippen LogP) is 9.95. The van der Waals surface area contributed by atoms with Crippen LogP contribution in [0.1, 0.15) is 36.6 Å². The van der Waals surface area contributed by atoms with Gasteiger partial charge in [-0.3, -0.25) is 4.99 Å². The zero-order chi connectivity index (χ0) is 26.8. The predicted molar refractivity (Wildman–Crippen MR) is 171 cm³/mol. The van der Waals surface area contributed by atoms with Crippen molar-refractivity contribution in [1.29, 1.82) is 0 Å². The first kappa shape index (κ1) is 23.2. The number of hydrogen-bond donors (Lipinski definition) is 0. The van der Waals surface area contributed by atoms with E-state index in [9.17, 15) is 0 Å². The summed E-state index contributed by atoms with van der Waals surface area (Å²) in [7, 11) is 0. The molecule has 2 unspecified atom stereocenters. The van der Waals surface area contributed by atoms with Gasteiger partial charge in [0.1, 0.15) is 6.04 Å². The van der Waals surface area contributed by atoms with Crippen molar-refractivity contribution in [3.63, 3.8) is 0 Å². The number of dihydropyridines is 1. The third kappa shape index (κ3) is 3.20. The molecule has 2 heteroatoms. The summed E-state index contributed by atoms with van der Waals surface area (Å²) < 4.78 is 0. The Balaban J connectivity index is 1.32. The summed E-state index contributed by atoms with van der Waals surface area (Å²) in [6, 6.07) is 34.2. The van der Waals surface area contributed by atoms with Crippen LogP contribution in [-0.2, 0) is 6.42 Å². The Morgan fingerprint density at radius 3 is 2.40 bits per heavy atom. The van der Waals surface area contributed by atoms with E-state index in [2.05, 4.69) is 134 Å². The van der Waals surface area contributed by atoms with E-state index >= 15 is 0 Å². The Hall–Kier alpha value is -4.69. The van der Waals surface area contributed by atoms with Crippen molar-refractivity contribution in [3.05, 3.63) is 126 Å². The number of hydrogen-bond acceptors (Lipinski definition) is 2. The van der Waals surface area contributed by atoms with Crippen molar-refractivity contribution in [2.45, 2.75) is 32.4 Å². The topological polar surface area (TPSA) is 15.6 Å². The maximum atomic E-state index is 4.96. The quantitative estimate of drug-likeness (QED) is 0.228. The monoisotopic (exact) mass is 514 g/mol. The first-order chi connectivity index (χ1) is 19.8. The Labute approximate surface area is 235 Å². The van der Waals surface area contributed by atoms with Gasteiger partial charge in [0.05, 0.1) is 11.7 Å². The highest BCUT2D eigenvalue weighted by atomic mass is 15.2.